The Labute approximate surface area is 330 Å². The fourth-order valence-electron chi connectivity index (χ4n) is 6.07. The summed E-state index contributed by atoms with van der Waals surface area (Å²) in [5, 5.41) is 11.2. The fourth-order valence-corrected chi connectivity index (χ4v) is 7.63. The van der Waals surface area contributed by atoms with Crippen molar-refractivity contribution in [1.29, 1.82) is 0 Å². The van der Waals surface area contributed by atoms with Crippen molar-refractivity contribution in [3.05, 3.63) is 108 Å². The second-order valence-corrected chi connectivity index (χ2v) is 15.7. The quantitative estimate of drug-likeness (QED) is 0.0557. The lowest BCUT2D eigenvalue weighted by molar-refractivity contribution is -0.136. The van der Waals surface area contributed by atoms with Gasteiger partial charge in [-0.2, -0.15) is 0 Å². The lowest BCUT2D eigenvalue weighted by Gasteiger charge is -2.36. The molecule has 4 amide bonds. The van der Waals surface area contributed by atoms with E-state index in [1.807, 2.05) is 75.4 Å². The number of unbranched alkanes of at least 4 members (excludes halogenated alkanes) is 2. The highest BCUT2D eigenvalue weighted by molar-refractivity contribution is 8.00. The minimum absolute atomic E-state index is 0.147. The zero-order valence-electron chi connectivity index (χ0n) is 32.7. The van der Waals surface area contributed by atoms with Gasteiger partial charge in [0.1, 0.15) is 18.1 Å². The summed E-state index contributed by atoms with van der Waals surface area (Å²) in [4.78, 5) is 54.6. The van der Waals surface area contributed by atoms with Crippen LogP contribution in [-0.4, -0.2) is 85.9 Å². The number of rotatable bonds is 23. The van der Waals surface area contributed by atoms with Crippen LogP contribution in [0.25, 0.3) is 0 Å². The Hall–Kier alpha value is -4.27. The van der Waals surface area contributed by atoms with Gasteiger partial charge in [-0.25, -0.2) is 0 Å². The first-order valence-electron chi connectivity index (χ1n) is 19.1. The number of nitrogens with two attached hydrogens (primary N) is 3. The van der Waals surface area contributed by atoms with E-state index >= 15 is 0 Å². The topological polar surface area (TPSA) is 204 Å². The Balaban J connectivity index is 1.92. The Morgan fingerprint density at radius 3 is 1.51 bits per heavy atom. The van der Waals surface area contributed by atoms with Gasteiger partial charge < -0.3 is 43.2 Å². The molecule has 3 rings (SSSR count). The van der Waals surface area contributed by atoms with Gasteiger partial charge in [0, 0.05) is 12.8 Å². The number of likely N-dealkylation sites (N-methyl/N-ethyl adjacent to an activating group) is 1. The molecular weight excluding hydrogens is 715 g/mol. The highest BCUT2D eigenvalue weighted by atomic mass is 32.2. The number of nitrogens with one attached hydrogen (secondary N) is 4. The molecule has 10 N–H and O–H groups in total. The Bertz CT molecular complexity index is 1510. The lowest BCUT2D eigenvalue weighted by Crippen LogP contribution is -2.59. The van der Waals surface area contributed by atoms with E-state index in [1.54, 1.807) is 0 Å². The third-order valence-electron chi connectivity index (χ3n) is 9.09. The molecule has 3 aromatic carbocycles. The number of ether oxygens (including phenoxy) is 1. The van der Waals surface area contributed by atoms with E-state index in [0.717, 1.165) is 23.1 Å². The first kappa shape index (κ1) is 45.1. The molecule has 12 nitrogen and oxygen atoms in total. The summed E-state index contributed by atoms with van der Waals surface area (Å²) in [6, 6.07) is 26.2. The van der Waals surface area contributed by atoms with Crippen LogP contribution in [0.15, 0.2) is 91.0 Å². The number of carbonyl (C=O) groups excluding carboxylic acids is 4. The smallest absolute Gasteiger partial charge is 0.245 e. The summed E-state index contributed by atoms with van der Waals surface area (Å²) < 4.78 is 5.17. The van der Waals surface area contributed by atoms with Gasteiger partial charge in [0.2, 0.25) is 23.6 Å². The molecule has 0 fully saturated rings. The standard InChI is InChI=1S/C42H61N7O5S/c1-41(2,3)54-28-35(48-37(50)33(45)24-14-16-26-43)40(53)47-34(25-15-17-27-44)39(52)49-36(38(51)46-4)29-55-42(30-18-8-5-9-19-30,31-20-10-6-11-21-31)32-22-12-7-13-23-32/h5-13,18-23,33-36H,14-17,24-29,43-45H2,1-4H3,(H,46,51)(H,47,53)(H,48,50)(H,49,52). The molecule has 0 radical (unpaired) electrons. The van der Waals surface area contributed by atoms with Crippen LogP contribution < -0.4 is 38.5 Å². The molecule has 0 bridgehead atoms. The minimum atomic E-state index is -1.13. The Morgan fingerprint density at radius 2 is 1.05 bits per heavy atom. The van der Waals surface area contributed by atoms with Gasteiger partial charge in [0.25, 0.3) is 0 Å². The van der Waals surface area contributed by atoms with Crippen LogP contribution in [0.3, 0.4) is 0 Å². The van der Waals surface area contributed by atoms with Crippen molar-refractivity contribution in [3.8, 4) is 0 Å². The number of amides is 4. The van der Waals surface area contributed by atoms with Crippen LogP contribution in [0.1, 0.15) is 76.0 Å². The second-order valence-electron chi connectivity index (χ2n) is 14.5. The van der Waals surface area contributed by atoms with Gasteiger partial charge in [-0.05, 0) is 82.7 Å². The average Bonchev–Trinajstić information content (AvgIpc) is 3.19. The number of hydrogen-bond acceptors (Lipinski definition) is 9. The van der Waals surface area contributed by atoms with Crippen LogP contribution in [0.5, 0.6) is 0 Å². The zero-order chi connectivity index (χ0) is 40.3. The Morgan fingerprint density at radius 1 is 0.618 bits per heavy atom. The summed E-state index contributed by atoms with van der Waals surface area (Å²) >= 11 is 1.54. The van der Waals surface area contributed by atoms with E-state index in [2.05, 4.69) is 57.7 Å². The molecule has 3 aromatic rings. The number of carbonyl (C=O) groups is 4. The van der Waals surface area contributed by atoms with Crippen molar-refractivity contribution in [2.45, 2.75) is 93.8 Å². The molecular formula is C42H61N7O5S. The van der Waals surface area contributed by atoms with Gasteiger partial charge in [-0.3, -0.25) is 19.2 Å². The maximum absolute atomic E-state index is 14.2. The third-order valence-corrected chi connectivity index (χ3v) is 10.7. The van der Waals surface area contributed by atoms with Crippen molar-refractivity contribution < 1.29 is 23.9 Å². The highest BCUT2D eigenvalue weighted by Gasteiger charge is 2.39. The normalized spacial score (nSPS) is 13.9. The fraction of sp³-hybridized carbons (Fsp3) is 0.476. The first-order chi connectivity index (χ1) is 26.4. The van der Waals surface area contributed by atoms with Gasteiger partial charge >= 0.3 is 0 Å². The minimum Gasteiger partial charge on any atom is -0.373 e. The van der Waals surface area contributed by atoms with E-state index in [4.69, 9.17) is 21.9 Å². The van der Waals surface area contributed by atoms with E-state index in [1.165, 1.54) is 18.8 Å². The Kier molecular flexibility index (Phi) is 18.8. The summed E-state index contributed by atoms with van der Waals surface area (Å²) in [6.45, 7) is 6.26. The molecule has 0 aliphatic rings. The highest BCUT2D eigenvalue weighted by Crippen LogP contribution is 2.48. The number of hydrogen-bond donors (Lipinski definition) is 7. The van der Waals surface area contributed by atoms with Gasteiger partial charge in [0.15, 0.2) is 0 Å². The third kappa shape index (κ3) is 14.1. The van der Waals surface area contributed by atoms with Crippen LogP contribution >= 0.6 is 11.8 Å². The molecule has 4 atom stereocenters. The monoisotopic (exact) mass is 775 g/mol. The molecule has 13 heteroatoms. The maximum atomic E-state index is 14.2. The first-order valence-corrected chi connectivity index (χ1v) is 20.1. The van der Waals surface area contributed by atoms with Crippen molar-refractivity contribution in [2.75, 3.05) is 32.5 Å². The van der Waals surface area contributed by atoms with E-state index < -0.39 is 52.2 Å². The van der Waals surface area contributed by atoms with Crippen LogP contribution in [0.2, 0.25) is 0 Å². The number of thioether (sulfide) groups is 1. The zero-order valence-corrected chi connectivity index (χ0v) is 33.5. The molecule has 0 aliphatic heterocycles. The molecule has 0 aromatic heterocycles. The summed E-state index contributed by atoms with van der Waals surface area (Å²) in [7, 11) is 1.52. The van der Waals surface area contributed by atoms with Gasteiger partial charge in [-0.15, -0.1) is 11.8 Å². The number of benzene rings is 3. The maximum Gasteiger partial charge on any atom is 0.245 e. The van der Waals surface area contributed by atoms with E-state index in [-0.39, 0.29) is 24.7 Å². The predicted octanol–water partition coefficient (Wildman–Crippen LogP) is 3.31. The van der Waals surface area contributed by atoms with Crippen LogP contribution in [0.4, 0.5) is 0 Å². The van der Waals surface area contributed by atoms with Crippen LogP contribution in [-0.2, 0) is 28.7 Å². The van der Waals surface area contributed by atoms with E-state index in [0.29, 0.717) is 38.8 Å². The van der Waals surface area contributed by atoms with Gasteiger partial charge in [-0.1, -0.05) is 97.4 Å². The van der Waals surface area contributed by atoms with Crippen molar-refractivity contribution in [3.63, 3.8) is 0 Å². The van der Waals surface area contributed by atoms with Crippen molar-refractivity contribution in [2.24, 2.45) is 17.2 Å². The molecule has 0 saturated heterocycles. The molecule has 0 spiro atoms. The molecule has 55 heavy (non-hydrogen) atoms. The van der Waals surface area contributed by atoms with E-state index in [9.17, 15) is 19.2 Å². The average molecular weight is 776 g/mol. The van der Waals surface area contributed by atoms with Gasteiger partial charge in [0.05, 0.1) is 23.0 Å². The molecule has 0 heterocycles. The summed E-state index contributed by atoms with van der Waals surface area (Å²) in [5.41, 5.74) is 19.9. The van der Waals surface area contributed by atoms with Crippen molar-refractivity contribution in [1.82, 2.24) is 21.3 Å². The lowest BCUT2D eigenvalue weighted by atomic mass is 9.84. The van der Waals surface area contributed by atoms with Crippen LogP contribution in [0, 0.1) is 0 Å². The molecule has 4 unspecified atom stereocenters. The SMILES string of the molecule is CNC(=O)C(CSC(c1ccccc1)(c1ccccc1)c1ccccc1)NC(=O)C(CCCCN)NC(=O)C(COC(C)(C)C)NC(=O)C(N)CCCCN. The summed E-state index contributed by atoms with van der Waals surface area (Å²) in [6.07, 6.45) is 3.20. The molecule has 0 saturated carbocycles. The second kappa shape index (κ2) is 23.0. The largest absolute Gasteiger partial charge is 0.373 e. The predicted molar refractivity (Wildman–Crippen MR) is 221 cm³/mol. The summed E-state index contributed by atoms with van der Waals surface area (Å²) in [5.74, 6) is -1.85. The van der Waals surface area contributed by atoms with Crippen molar-refractivity contribution >= 4 is 35.4 Å². The molecule has 0 aliphatic carbocycles. The molecule has 300 valence electrons.